The molecule has 1 heterocycles. The first-order valence-electron chi connectivity index (χ1n) is 5.17. The monoisotopic (exact) mass is 167 g/mol. The molecule has 1 spiro atoms. The number of rotatable bonds is 1. The lowest BCUT2D eigenvalue weighted by molar-refractivity contribution is -0.0463. The van der Waals surface area contributed by atoms with E-state index in [0.717, 1.165) is 19.1 Å². The Hall–Kier alpha value is -0.0800. The van der Waals surface area contributed by atoms with Crippen LogP contribution < -0.4 is 5.73 Å². The van der Waals surface area contributed by atoms with Gasteiger partial charge < -0.3 is 10.5 Å². The van der Waals surface area contributed by atoms with Gasteiger partial charge in [-0.1, -0.05) is 12.8 Å². The second-order valence-electron chi connectivity index (χ2n) is 4.77. The second-order valence-corrected chi connectivity index (χ2v) is 4.77. The van der Waals surface area contributed by atoms with Crippen LogP contribution in [0.1, 0.15) is 32.1 Å². The Kier molecular flexibility index (Phi) is 1.25. The molecule has 68 valence electrons. The van der Waals surface area contributed by atoms with Gasteiger partial charge in [-0.15, -0.1) is 0 Å². The maximum absolute atomic E-state index is 5.98. The van der Waals surface area contributed by atoms with Crippen LogP contribution in [-0.2, 0) is 4.74 Å². The molecule has 0 aromatic heterocycles. The SMILES string of the molecule is NC[C@]12C[C@H]1COC21CCCC1. The van der Waals surface area contributed by atoms with Gasteiger partial charge in [-0.05, 0) is 25.2 Å². The molecule has 0 amide bonds. The van der Waals surface area contributed by atoms with Gasteiger partial charge in [-0.25, -0.2) is 0 Å². The Morgan fingerprint density at radius 2 is 2.08 bits per heavy atom. The van der Waals surface area contributed by atoms with Gasteiger partial charge in [0.2, 0.25) is 0 Å². The summed E-state index contributed by atoms with van der Waals surface area (Å²) in [7, 11) is 0. The minimum atomic E-state index is 0.242. The summed E-state index contributed by atoms with van der Waals surface area (Å²) in [5, 5.41) is 0. The van der Waals surface area contributed by atoms with Gasteiger partial charge in [0.1, 0.15) is 0 Å². The molecule has 12 heavy (non-hydrogen) atoms. The molecule has 0 aromatic rings. The van der Waals surface area contributed by atoms with Gasteiger partial charge in [-0.3, -0.25) is 0 Å². The molecular formula is C10H17NO. The first-order chi connectivity index (χ1) is 5.83. The van der Waals surface area contributed by atoms with Crippen molar-refractivity contribution in [2.24, 2.45) is 17.1 Å². The van der Waals surface area contributed by atoms with Crippen LogP contribution in [0.3, 0.4) is 0 Å². The highest BCUT2D eigenvalue weighted by Gasteiger charge is 2.71. The number of nitrogens with two attached hydrogens (primary N) is 1. The average molecular weight is 167 g/mol. The van der Waals surface area contributed by atoms with Crippen LogP contribution in [0, 0.1) is 11.3 Å². The molecule has 2 nitrogen and oxygen atoms in total. The van der Waals surface area contributed by atoms with E-state index in [2.05, 4.69) is 0 Å². The van der Waals surface area contributed by atoms with Crippen LogP contribution in [0.4, 0.5) is 0 Å². The Balaban J connectivity index is 1.94. The molecule has 3 fully saturated rings. The normalized spacial score (nSPS) is 48.2. The highest BCUT2D eigenvalue weighted by atomic mass is 16.5. The van der Waals surface area contributed by atoms with Crippen LogP contribution in [0.25, 0.3) is 0 Å². The molecule has 0 unspecified atom stereocenters. The van der Waals surface area contributed by atoms with Crippen molar-refractivity contribution >= 4 is 0 Å². The van der Waals surface area contributed by atoms with E-state index < -0.39 is 0 Å². The Labute approximate surface area is 73.5 Å². The molecule has 2 aliphatic carbocycles. The van der Waals surface area contributed by atoms with Gasteiger partial charge in [0, 0.05) is 12.0 Å². The third-order valence-electron chi connectivity index (χ3n) is 4.48. The highest BCUT2D eigenvalue weighted by molar-refractivity contribution is 5.20. The van der Waals surface area contributed by atoms with Crippen molar-refractivity contribution in [3.05, 3.63) is 0 Å². The summed E-state index contributed by atoms with van der Waals surface area (Å²) in [4.78, 5) is 0. The molecule has 0 bridgehead atoms. The summed E-state index contributed by atoms with van der Waals surface area (Å²) in [6, 6.07) is 0. The fourth-order valence-corrected chi connectivity index (χ4v) is 3.59. The van der Waals surface area contributed by atoms with Gasteiger partial charge in [0.15, 0.2) is 0 Å². The highest BCUT2D eigenvalue weighted by Crippen LogP contribution is 2.69. The number of hydrogen-bond acceptors (Lipinski definition) is 2. The Bertz CT molecular complexity index is 200. The summed E-state index contributed by atoms with van der Waals surface area (Å²) in [6.07, 6.45) is 6.62. The third-order valence-corrected chi connectivity index (χ3v) is 4.48. The maximum Gasteiger partial charge on any atom is 0.0754 e. The molecule has 0 aromatic carbocycles. The Morgan fingerprint density at radius 1 is 1.33 bits per heavy atom. The second kappa shape index (κ2) is 2.05. The van der Waals surface area contributed by atoms with E-state index in [1.807, 2.05) is 0 Å². The molecule has 2 heteroatoms. The quantitative estimate of drug-likeness (QED) is 0.638. The number of fused-ring (bicyclic) bond motifs is 2. The van der Waals surface area contributed by atoms with Crippen LogP contribution in [-0.4, -0.2) is 18.8 Å². The molecule has 2 atom stereocenters. The minimum absolute atomic E-state index is 0.242. The molecule has 3 aliphatic rings. The van der Waals surface area contributed by atoms with Gasteiger partial charge in [0.25, 0.3) is 0 Å². The summed E-state index contributed by atoms with van der Waals surface area (Å²) in [5.41, 5.74) is 6.56. The molecule has 0 radical (unpaired) electrons. The zero-order valence-corrected chi connectivity index (χ0v) is 7.51. The Morgan fingerprint density at radius 3 is 2.67 bits per heavy atom. The van der Waals surface area contributed by atoms with Crippen LogP contribution in [0.2, 0.25) is 0 Å². The first-order valence-corrected chi connectivity index (χ1v) is 5.17. The van der Waals surface area contributed by atoms with E-state index in [-0.39, 0.29) is 5.60 Å². The number of hydrogen-bond donors (Lipinski definition) is 1. The summed E-state index contributed by atoms with van der Waals surface area (Å²) < 4.78 is 5.98. The summed E-state index contributed by atoms with van der Waals surface area (Å²) >= 11 is 0. The fourth-order valence-electron chi connectivity index (χ4n) is 3.59. The van der Waals surface area contributed by atoms with Gasteiger partial charge in [-0.2, -0.15) is 0 Å². The van der Waals surface area contributed by atoms with Crippen molar-refractivity contribution in [1.82, 2.24) is 0 Å². The summed E-state index contributed by atoms with van der Waals surface area (Å²) in [6.45, 7) is 1.86. The topological polar surface area (TPSA) is 35.2 Å². The molecule has 3 rings (SSSR count). The smallest absolute Gasteiger partial charge is 0.0754 e. The van der Waals surface area contributed by atoms with Crippen LogP contribution >= 0.6 is 0 Å². The predicted octanol–water partition coefficient (Wildman–Crippen LogP) is 1.29. The van der Waals surface area contributed by atoms with Crippen molar-refractivity contribution in [3.8, 4) is 0 Å². The van der Waals surface area contributed by atoms with E-state index in [1.165, 1.54) is 32.1 Å². The largest absolute Gasteiger partial charge is 0.374 e. The van der Waals surface area contributed by atoms with Crippen molar-refractivity contribution < 1.29 is 4.74 Å². The van der Waals surface area contributed by atoms with E-state index >= 15 is 0 Å². The molecule has 2 N–H and O–H groups in total. The molecule has 1 aliphatic heterocycles. The van der Waals surface area contributed by atoms with Crippen LogP contribution in [0.5, 0.6) is 0 Å². The van der Waals surface area contributed by atoms with Gasteiger partial charge >= 0.3 is 0 Å². The third kappa shape index (κ3) is 0.612. The number of ether oxygens (including phenoxy) is 1. The first kappa shape index (κ1) is 7.34. The lowest BCUT2D eigenvalue weighted by Gasteiger charge is -2.33. The zero-order chi connectivity index (χ0) is 8.23. The average Bonchev–Trinajstić information content (AvgIpc) is 2.51. The van der Waals surface area contributed by atoms with Crippen molar-refractivity contribution in [1.29, 1.82) is 0 Å². The van der Waals surface area contributed by atoms with Crippen molar-refractivity contribution in [2.45, 2.75) is 37.7 Å². The predicted molar refractivity (Wildman–Crippen MR) is 46.7 cm³/mol. The summed E-state index contributed by atoms with van der Waals surface area (Å²) in [5.74, 6) is 0.820. The minimum Gasteiger partial charge on any atom is -0.374 e. The van der Waals surface area contributed by atoms with Gasteiger partial charge in [0.05, 0.1) is 12.2 Å². The van der Waals surface area contributed by atoms with Crippen molar-refractivity contribution in [2.75, 3.05) is 13.2 Å². The molecule has 2 saturated carbocycles. The molecule has 1 saturated heterocycles. The lowest BCUT2D eigenvalue weighted by Crippen LogP contribution is -2.40. The van der Waals surface area contributed by atoms with Crippen molar-refractivity contribution in [3.63, 3.8) is 0 Å². The van der Waals surface area contributed by atoms with E-state index in [9.17, 15) is 0 Å². The van der Waals surface area contributed by atoms with E-state index in [4.69, 9.17) is 10.5 Å². The lowest BCUT2D eigenvalue weighted by atomic mass is 9.82. The van der Waals surface area contributed by atoms with E-state index in [1.54, 1.807) is 0 Å². The standard InChI is InChI=1S/C10H17NO/c11-7-9-5-8(9)6-12-10(9)3-1-2-4-10/h8H,1-7,11H2/t8-,9+/m0/s1. The zero-order valence-electron chi connectivity index (χ0n) is 7.51. The fraction of sp³-hybridized carbons (Fsp3) is 1.00. The molecular weight excluding hydrogens is 150 g/mol. The van der Waals surface area contributed by atoms with E-state index in [0.29, 0.717) is 5.41 Å². The maximum atomic E-state index is 5.98. The van der Waals surface area contributed by atoms with Crippen LogP contribution in [0.15, 0.2) is 0 Å².